The van der Waals surface area contributed by atoms with Crippen molar-refractivity contribution >= 4 is 37.1 Å². The topological polar surface area (TPSA) is 52.6 Å². The van der Waals surface area contributed by atoms with Gasteiger partial charge in [-0.2, -0.15) is 0 Å². The second kappa shape index (κ2) is 11.3. The van der Waals surface area contributed by atoms with Crippen LogP contribution in [-0.4, -0.2) is 37.1 Å². The van der Waals surface area contributed by atoms with Crippen LogP contribution in [0.25, 0.3) is 0 Å². The predicted molar refractivity (Wildman–Crippen MR) is 65.8 cm³/mol. The van der Waals surface area contributed by atoms with Gasteiger partial charge in [0.15, 0.2) is 0 Å². The molecule has 0 unspecified atom stereocenters. The Kier molecular flexibility index (Phi) is 10.5. The van der Waals surface area contributed by atoms with Crippen LogP contribution in [0.2, 0.25) is 0 Å². The van der Waals surface area contributed by atoms with Crippen molar-refractivity contribution < 1.29 is 15.0 Å². The fourth-order valence-electron chi connectivity index (χ4n) is 0.661. The van der Waals surface area contributed by atoms with E-state index >= 15 is 0 Å². The first-order chi connectivity index (χ1) is 8.20. The molecule has 0 amide bonds. The Hall–Kier alpha value is -1.18. The number of hydrogen-bond acceptors (Lipinski definition) is 4. The Balaban J connectivity index is 3.76. The van der Waals surface area contributed by atoms with Gasteiger partial charge in [-0.3, -0.25) is 0 Å². The molecule has 0 aromatic heterocycles. The first-order valence-corrected chi connectivity index (χ1v) is 8.13. The minimum absolute atomic E-state index is 0.475. The molecule has 90 valence electrons. The van der Waals surface area contributed by atoms with E-state index in [0.29, 0.717) is 0 Å². The third kappa shape index (κ3) is 11.1. The van der Waals surface area contributed by atoms with Gasteiger partial charge in [-0.25, -0.2) is 0 Å². The molecule has 17 heavy (non-hydrogen) atoms. The van der Waals surface area contributed by atoms with Crippen LogP contribution in [0, 0.1) is 0 Å². The van der Waals surface area contributed by atoms with Crippen molar-refractivity contribution in [1.29, 1.82) is 0 Å². The quantitative estimate of drug-likeness (QED) is 0.368. The Labute approximate surface area is 114 Å². The molecule has 0 spiro atoms. The third-order valence-electron chi connectivity index (χ3n) is 1.36. The molecule has 0 N–H and O–H groups in total. The van der Waals surface area contributed by atoms with Crippen molar-refractivity contribution in [2.75, 3.05) is 0 Å². The first-order valence-electron chi connectivity index (χ1n) is 4.96. The van der Waals surface area contributed by atoms with Gasteiger partial charge in [0, 0.05) is 0 Å². The number of carbonyl (C=O) groups excluding carboxylic acids is 2. The van der Waals surface area contributed by atoms with Gasteiger partial charge in [0.05, 0.1) is 0 Å². The van der Waals surface area contributed by atoms with E-state index in [9.17, 15) is 9.59 Å². The number of hydrogen-bond donors (Lipinski definition) is 0. The molecular weight excluding hydrogens is 415 g/mol. The van der Waals surface area contributed by atoms with E-state index in [2.05, 4.69) is 0 Å². The molecule has 0 aromatic carbocycles. The summed E-state index contributed by atoms with van der Waals surface area (Å²) in [4.78, 5) is 22.1. The molecule has 0 heterocycles. The van der Waals surface area contributed by atoms with Crippen LogP contribution in [0.15, 0.2) is 48.6 Å². The Morgan fingerprint density at radius 3 is 1.59 bits per heavy atom. The Bertz CT molecular complexity index is 320. The summed E-state index contributed by atoms with van der Waals surface area (Å²) >= 11 is -2.09. The number of rotatable bonds is 6. The summed E-state index contributed by atoms with van der Waals surface area (Å²) in [7, 11) is 0. The molecule has 0 fully saturated rings. The van der Waals surface area contributed by atoms with Crippen molar-refractivity contribution in [3.05, 3.63) is 48.6 Å². The standard InChI is InChI=1S/2C6H8O2.Pb/c2*1-2-3-4-5-6(7)8;/h2*2-5H,1H3,(H,7,8);/q;;+2/p-2/b2*3-2+,5-4+;. The van der Waals surface area contributed by atoms with E-state index in [1.54, 1.807) is 36.5 Å². The zero-order valence-corrected chi connectivity index (χ0v) is 13.6. The van der Waals surface area contributed by atoms with E-state index in [4.69, 9.17) is 5.37 Å². The molecule has 5 heteroatoms. The van der Waals surface area contributed by atoms with Crippen molar-refractivity contribution in [2.24, 2.45) is 0 Å². The van der Waals surface area contributed by atoms with Gasteiger partial charge in [-0.1, -0.05) is 0 Å². The van der Waals surface area contributed by atoms with Crippen molar-refractivity contribution in [2.45, 2.75) is 13.8 Å². The van der Waals surface area contributed by atoms with Crippen LogP contribution >= 0.6 is 0 Å². The number of allylic oxidation sites excluding steroid dienone is 6. The molecule has 0 saturated heterocycles. The van der Waals surface area contributed by atoms with Crippen molar-refractivity contribution in [3.63, 3.8) is 0 Å². The summed E-state index contributed by atoms with van der Waals surface area (Å²) < 4.78 is 9.61. The van der Waals surface area contributed by atoms with Gasteiger partial charge in [-0.15, -0.1) is 0 Å². The molecule has 0 aliphatic carbocycles. The molecule has 0 aliphatic heterocycles. The monoisotopic (exact) mass is 430 g/mol. The van der Waals surface area contributed by atoms with Gasteiger partial charge in [0.2, 0.25) is 0 Å². The molecule has 4 nitrogen and oxygen atoms in total. The van der Waals surface area contributed by atoms with Gasteiger partial charge < -0.3 is 0 Å². The molecule has 0 aromatic rings. The van der Waals surface area contributed by atoms with Gasteiger partial charge in [0.25, 0.3) is 0 Å². The summed E-state index contributed by atoms with van der Waals surface area (Å²) in [6, 6.07) is 0. The third-order valence-corrected chi connectivity index (χ3v) is 3.57. The molecule has 0 saturated carbocycles. The van der Waals surface area contributed by atoms with Gasteiger partial charge in [-0.05, 0) is 0 Å². The van der Waals surface area contributed by atoms with Gasteiger partial charge >= 0.3 is 114 Å². The van der Waals surface area contributed by atoms with Crippen LogP contribution in [0.4, 0.5) is 0 Å². The summed E-state index contributed by atoms with van der Waals surface area (Å²) in [5.74, 6) is -0.951. The van der Waals surface area contributed by atoms with Crippen LogP contribution in [0.5, 0.6) is 0 Å². The van der Waals surface area contributed by atoms with Gasteiger partial charge in [0.1, 0.15) is 0 Å². The van der Waals surface area contributed by atoms with Crippen LogP contribution < -0.4 is 0 Å². The van der Waals surface area contributed by atoms with E-state index < -0.39 is 37.1 Å². The van der Waals surface area contributed by atoms with Crippen LogP contribution in [0.1, 0.15) is 13.8 Å². The van der Waals surface area contributed by atoms with E-state index in [-0.39, 0.29) is 0 Å². The molecule has 0 atom stereocenters. The fraction of sp³-hybridized carbons (Fsp3) is 0.167. The molecule has 0 bridgehead atoms. The van der Waals surface area contributed by atoms with Crippen molar-refractivity contribution in [1.82, 2.24) is 0 Å². The van der Waals surface area contributed by atoms with E-state index in [0.717, 1.165) is 0 Å². The Morgan fingerprint density at radius 1 is 0.824 bits per heavy atom. The van der Waals surface area contributed by atoms with E-state index in [1.165, 1.54) is 12.2 Å². The zero-order chi connectivity index (χ0) is 12.9. The molecule has 0 aliphatic rings. The van der Waals surface area contributed by atoms with Crippen LogP contribution in [-0.2, 0) is 15.0 Å². The minimum atomic E-state index is -2.09. The molecule has 2 radical (unpaired) electrons. The zero-order valence-electron chi connectivity index (χ0n) is 9.75. The number of carbonyl (C=O) groups is 2. The summed E-state index contributed by atoms with van der Waals surface area (Å²) in [6.07, 6.45) is 12.7. The maximum absolute atomic E-state index is 11.0. The predicted octanol–water partition coefficient (Wildman–Crippen LogP) is 1.87. The normalized spacial score (nSPS) is 11.9. The average molecular weight is 429 g/mol. The maximum atomic E-state index is 11.0. The first kappa shape index (κ1) is 15.8. The van der Waals surface area contributed by atoms with E-state index in [1.807, 2.05) is 13.8 Å². The Morgan fingerprint density at radius 2 is 1.24 bits per heavy atom. The molecule has 0 rings (SSSR count). The van der Waals surface area contributed by atoms with Crippen LogP contribution in [0.3, 0.4) is 0 Å². The summed E-state index contributed by atoms with van der Waals surface area (Å²) in [6.45, 7) is 3.68. The second-order valence-corrected chi connectivity index (χ2v) is 4.93. The summed E-state index contributed by atoms with van der Waals surface area (Å²) in [5.41, 5.74) is 0. The molecular formula is C12H14O4Pb. The SMILES string of the molecule is C/C=C/C=C/C(=O)[O][Pb][O]C(=O)/C=C/C=C/C. The second-order valence-electron chi connectivity index (χ2n) is 2.70. The fourth-order valence-corrected chi connectivity index (χ4v) is 1.99. The van der Waals surface area contributed by atoms with Crippen molar-refractivity contribution in [3.8, 4) is 0 Å². The average Bonchev–Trinajstić information content (AvgIpc) is 2.30. The summed E-state index contributed by atoms with van der Waals surface area (Å²) in [5, 5.41) is 0.